The summed E-state index contributed by atoms with van der Waals surface area (Å²) in [5.74, 6) is 1.45. The Hall–Kier alpha value is -1.32. The lowest BCUT2D eigenvalue weighted by molar-refractivity contribution is 0.243. The normalized spacial score (nSPS) is 14.2. The van der Waals surface area contributed by atoms with Gasteiger partial charge in [0.15, 0.2) is 0 Å². The van der Waals surface area contributed by atoms with E-state index in [1.807, 2.05) is 0 Å². The Morgan fingerprint density at radius 2 is 1.77 bits per heavy atom. The molecule has 0 aliphatic heterocycles. The van der Waals surface area contributed by atoms with Gasteiger partial charge in [0.05, 0.1) is 0 Å². The second-order valence-corrected chi connectivity index (χ2v) is 6.83. The maximum atomic E-state index is 5.57. The number of nitrogens with two attached hydrogens (primary N) is 1. The highest BCUT2D eigenvalue weighted by Gasteiger charge is 2.11. The molecule has 0 saturated heterocycles. The Bertz CT molecular complexity index is 450. The molecule has 2 atom stereocenters. The van der Waals surface area contributed by atoms with E-state index in [4.69, 9.17) is 5.73 Å². The fourth-order valence-corrected chi connectivity index (χ4v) is 2.44. The van der Waals surface area contributed by atoms with Crippen LogP contribution in [-0.4, -0.2) is 25.0 Å². The number of benzene rings is 1. The van der Waals surface area contributed by atoms with Crippen molar-refractivity contribution < 1.29 is 0 Å². The van der Waals surface area contributed by atoms with Crippen molar-refractivity contribution in [3.8, 4) is 0 Å². The van der Waals surface area contributed by atoms with E-state index in [0.717, 1.165) is 30.6 Å². The van der Waals surface area contributed by atoms with E-state index in [2.05, 4.69) is 75.8 Å². The van der Waals surface area contributed by atoms with Gasteiger partial charge in [-0.2, -0.15) is 0 Å². The molecule has 0 aromatic heterocycles. The number of hydrogen-bond donors (Lipinski definition) is 2. The van der Waals surface area contributed by atoms with E-state index in [9.17, 15) is 0 Å². The van der Waals surface area contributed by atoms with Crippen molar-refractivity contribution >= 4 is 0 Å². The van der Waals surface area contributed by atoms with Gasteiger partial charge in [0, 0.05) is 31.4 Å². The zero-order chi connectivity index (χ0) is 16.7. The van der Waals surface area contributed by atoms with Crippen molar-refractivity contribution in [1.29, 1.82) is 0 Å². The van der Waals surface area contributed by atoms with Crippen molar-refractivity contribution in [3.63, 3.8) is 0 Å². The fraction of sp³-hybridized carbons (Fsp3) is 0.579. The van der Waals surface area contributed by atoms with Crippen LogP contribution in [-0.2, 0) is 6.54 Å². The summed E-state index contributed by atoms with van der Waals surface area (Å²) in [4.78, 5) is 2.40. The van der Waals surface area contributed by atoms with Gasteiger partial charge in [-0.05, 0) is 36.9 Å². The molecular weight excluding hydrogens is 270 g/mol. The van der Waals surface area contributed by atoms with Gasteiger partial charge in [0.1, 0.15) is 0 Å². The van der Waals surface area contributed by atoms with Crippen molar-refractivity contribution in [1.82, 2.24) is 10.2 Å². The largest absolute Gasteiger partial charge is 0.381 e. The summed E-state index contributed by atoms with van der Waals surface area (Å²) >= 11 is 0. The molecule has 124 valence electrons. The van der Waals surface area contributed by atoms with E-state index in [1.54, 1.807) is 0 Å². The molecule has 1 rings (SSSR count). The quantitative estimate of drug-likeness (QED) is 0.733. The predicted octanol–water partition coefficient (Wildman–Crippen LogP) is 3.53. The smallest absolute Gasteiger partial charge is 0.0482 e. The molecule has 0 aliphatic carbocycles. The molecule has 3 N–H and O–H groups in total. The van der Waals surface area contributed by atoms with Crippen LogP contribution in [0.2, 0.25) is 0 Å². The Morgan fingerprint density at radius 1 is 1.18 bits per heavy atom. The maximum Gasteiger partial charge on any atom is 0.0482 e. The summed E-state index contributed by atoms with van der Waals surface area (Å²) in [6.07, 6.45) is 0. The zero-order valence-electron chi connectivity index (χ0n) is 14.9. The minimum atomic E-state index is 0.240. The number of rotatable bonds is 9. The second-order valence-electron chi connectivity index (χ2n) is 6.83. The summed E-state index contributed by atoms with van der Waals surface area (Å²) in [7, 11) is 2.20. The van der Waals surface area contributed by atoms with Crippen LogP contribution in [0.5, 0.6) is 0 Å². The van der Waals surface area contributed by atoms with Crippen molar-refractivity contribution in [2.45, 2.75) is 40.3 Å². The molecule has 3 nitrogen and oxygen atoms in total. The molecule has 0 heterocycles. The van der Waals surface area contributed by atoms with E-state index in [0.29, 0.717) is 6.54 Å². The van der Waals surface area contributed by atoms with Crippen LogP contribution in [0.1, 0.15) is 44.9 Å². The van der Waals surface area contributed by atoms with Crippen molar-refractivity contribution in [2.24, 2.45) is 17.6 Å². The van der Waals surface area contributed by atoms with Gasteiger partial charge in [-0.25, -0.2) is 0 Å². The standard InChI is InChI=1S/C19H33N3/c1-14(2)15(3)12-22(6)13-18-7-9-19(10-8-18)17(5)21-16(4)11-20/h7-10,14-15,17,21H,4,11-13,20H2,1-3,5-6H3. The summed E-state index contributed by atoms with van der Waals surface area (Å²) < 4.78 is 0. The summed E-state index contributed by atoms with van der Waals surface area (Å²) in [5, 5.41) is 3.31. The highest BCUT2D eigenvalue weighted by atomic mass is 15.1. The van der Waals surface area contributed by atoms with Crippen LogP contribution < -0.4 is 11.1 Å². The van der Waals surface area contributed by atoms with Crippen LogP contribution in [0.25, 0.3) is 0 Å². The third kappa shape index (κ3) is 6.20. The first kappa shape index (κ1) is 18.7. The van der Waals surface area contributed by atoms with Crippen molar-refractivity contribution in [3.05, 3.63) is 47.7 Å². The SMILES string of the molecule is C=C(CN)NC(C)c1ccc(CN(C)CC(C)C(C)C)cc1. The molecule has 0 saturated carbocycles. The van der Waals surface area contributed by atoms with E-state index in [1.165, 1.54) is 11.1 Å². The second kappa shape index (κ2) is 8.96. The maximum absolute atomic E-state index is 5.57. The molecule has 0 bridgehead atoms. The Labute approximate surface area is 136 Å². The van der Waals surface area contributed by atoms with Gasteiger partial charge in [-0.1, -0.05) is 51.6 Å². The lowest BCUT2D eigenvalue weighted by Crippen LogP contribution is -2.26. The molecule has 22 heavy (non-hydrogen) atoms. The highest BCUT2D eigenvalue weighted by Crippen LogP contribution is 2.16. The lowest BCUT2D eigenvalue weighted by atomic mass is 9.97. The first-order valence-electron chi connectivity index (χ1n) is 8.25. The molecule has 0 spiro atoms. The van der Waals surface area contributed by atoms with Gasteiger partial charge < -0.3 is 16.0 Å². The first-order valence-corrected chi connectivity index (χ1v) is 8.25. The van der Waals surface area contributed by atoms with Crippen LogP contribution in [0, 0.1) is 11.8 Å². The van der Waals surface area contributed by atoms with E-state index >= 15 is 0 Å². The predicted molar refractivity (Wildman–Crippen MR) is 96.5 cm³/mol. The number of nitrogens with one attached hydrogen (secondary N) is 1. The third-order valence-corrected chi connectivity index (χ3v) is 4.34. The minimum absolute atomic E-state index is 0.240. The molecular formula is C19H33N3. The zero-order valence-corrected chi connectivity index (χ0v) is 14.9. The molecule has 0 radical (unpaired) electrons. The molecule has 3 heteroatoms. The third-order valence-electron chi connectivity index (χ3n) is 4.34. The van der Waals surface area contributed by atoms with Gasteiger partial charge in [0.2, 0.25) is 0 Å². The van der Waals surface area contributed by atoms with Crippen LogP contribution in [0.3, 0.4) is 0 Å². The molecule has 0 aliphatic rings. The summed E-state index contributed by atoms with van der Waals surface area (Å²) in [5.41, 5.74) is 9.06. The van der Waals surface area contributed by atoms with E-state index in [-0.39, 0.29) is 6.04 Å². The average molecular weight is 303 g/mol. The van der Waals surface area contributed by atoms with Gasteiger partial charge in [0.25, 0.3) is 0 Å². The lowest BCUT2D eigenvalue weighted by Gasteiger charge is -2.24. The average Bonchev–Trinajstić information content (AvgIpc) is 2.47. The highest BCUT2D eigenvalue weighted by molar-refractivity contribution is 5.25. The minimum Gasteiger partial charge on any atom is -0.381 e. The topological polar surface area (TPSA) is 41.3 Å². The Balaban J connectivity index is 2.56. The molecule has 0 amide bonds. The fourth-order valence-electron chi connectivity index (χ4n) is 2.44. The summed E-state index contributed by atoms with van der Waals surface area (Å²) in [6, 6.07) is 9.06. The number of hydrogen-bond acceptors (Lipinski definition) is 3. The summed E-state index contributed by atoms with van der Waals surface area (Å²) in [6.45, 7) is 15.5. The van der Waals surface area contributed by atoms with Crippen molar-refractivity contribution in [2.75, 3.05) is 20.1 Å². The molecule has 0 fully saturated rings. The first-order chi connectivity index (χ1) is 10.3. The Morgan fingerprint density at radius 3 is 2.27 bits per heavy atom. The van der Waals surface area contributed by atoms with Gasteiger partial charge in [-0.15, -0.1) is 0 Å². The van der Waals surface area contributed by atoms with Crippen LogP contribution >= 0.6 is 0 Å². The van der Waals surface area contributed by atoms with Crippen LogP contribution in [0.15, 0.2) is 36.5 Å². The van der Waals surface area contributed by atoms with Gasteiger partial charge in [-0.3, -0.25) is 0 Å². The van der Waals surface area contributed by atoms with Gasteiger partial charge >= 0.3 is 0 Å². The number of nitrogens with zero attached hydrogens (tertiary/aromatic N) is 1. The molecule has 1 aromatic rings. The Kier molecular flexibility index (Phi) is 7.63. The monoisotopic (exact) mass is 303 g/mol. The molecule has 2 unspecified atom stereocenters. The molecule has 1 aromatic carbocycles. The van der Waals surface area contributed by atoms with E-state index < -0.39 is 0 Å². The van der Waals surface area contributed by atoms with Crippen LogP contribution in [0.4, 0.5) is 0 Å².